The Bertz CT molecular complexity index is 3660. The van der Waals surface area contributed by atoms with Crippen molar-refractivity contribution in [1.82, 2.24) is 0 Å². The van der Waals surface area contributed by atoms with Crippen molar-refractivity contribution in [3.05, 3.63) is 178 Å². The van der Waals surface area contributed by atoms with Gasteiger partial charge in [0.25, 0.3) is 6.71 Å². The van der Waals surface area contributed by atoms with Gasteiger partial charge in [-0.05, 0) is 211 Å². The molecule has 0 amide bonds. The number of aryl methyl sites for hydroxylation is 1. The zero-order chi connectivity index (χ0) is 55.6. The van der Waals surface area contributed by atoms with Crippen LogP contribution in [0.25, 0.3) is 10.1 Å². The lowest BCUT2D eigenvalue weighted by Crippen LogP contribution is -2.60. The van der Waals surface area contributed by atoms with E-state index in [-0.39, 0.29) is 44.6 Å². The molecule has 12 rings (SSSR count). The molecule has 0 N–H and O–H groups in total. The third-order valence-electron chi connectivity index (χ3n) is 19.1. The minimum Gasteiger partial charge on any atom is -0.311 e. The molecule has 3 heterocycles. The maximum absolute atomic E-state index is 2.71. The summed E-state index contributed by atoms with van der Waals surface area (Å²) in [7, 11) is 0. The van der Waals surface area contributed by atoms with Crippen LogP contribution in [0, 0.1) is 6.92 Å². The highest BCUT2D eigenvalue weighted by Gasteiger charge is 2.47. The summed E-state index contributed by atoms with van der Waals surface area (Å²) in [6.07, 6.45) is 4.70. The number of thiophene rings is 1. The van der Waals surface area contributed by atoms with E-state index in [4.69, 9.17) is 0 Å². The van der Waals surface area contributed by atoms with Crippen LogP contribution < -0.4 is 30.4 Å². The lowest BCUT2D eigenvalue weighted by molar-refractivity contribution is 0.332. The molecular weight excluding hydrogens is 962 g/mol. The summed E-state index contributed by atoms with van der Waals surface area (Å²) < 4.78 is 2.76. The van der Waals surface area contributed by atoms with Crippen molar-refractivity contribution in [3.63, 3.8) is 0 Å². The molecular formula is C73H84BN3S. The summed E-state index contributed by atoms with van der Waals surface area (Å²) in [4.78, 5) is 7.88. The highest BCUT2D eigenvalue weighted by atomic mass is 32.1. The summed E-state index contributed by atoms with van der Waals surface area (Å²) in [5.74, 6) is 0. The Labute approximate surface area is 473 Å². The van der Waals surface area contributed by atoms with E-state index in [1.54, 1.807) is 0 Å². The summed E-state index contributed by atoms with van der Waals surface area (Å²) in [6.45, 7) is 42.9. The number of benzene rings is 7. The molecule has 0 fully saturated rings. The maximum atomic E-state index is 2.71. The molecule has 0 spiro atoms. The van der Waals surface area contributed by atoms with Gasteiger partial charge in [0.05, 0.1) is 5.69 Å². The Morgan fingerprint density at radius 1 is 0.436 bits per heavy atom. The van der Waals surface area contributed by atoms with Gasteiger partial charge in [-0.15, -0.1) is 11.3 Å². The zero-order valence-electron chi connectivity index (χ0n) is 50.4. The lowest BCUT2D eigenvalue weighted by atomic mass is 9.36. The standard InChI is InChI=1S/C73H84BN3S/c1-45-39-61-64-62(40-45)77(52-29-32-56-58(43-52)73(17,18)38-36-71(56,13)14)65-54-41-48(69(8,9)10)23-34-63(54)78-66(65)74(64)59-33-30-53(44-60(59)76(61)51-28-31-55-57(42-51)72(15,16)37-35-70(55,11)12)75(49-24-19-46(20-25-49)67(2,3)4)50-26-21-47(22-27-50)68(5,6)7/h19-34,39-44H,35-38H2,1-18H3. The monoisotopic (exact) mass is 1050 g/mol. The summed E-state index contributed by atoms with van der Waals surface area (Å²) >= 11 is 2.01. The van der Waals surface area contributed by atoms with Crippen molar-refractivity contribution >= 4 is 95.0 Å². The van der Waals surface area contributed by atoms with Crippen LogP contribution in [0.15, 0.2) is 133 Å². The second kappa shape index (κ2) is 17.5. The first-order valence-corrected chi connectivity index (χ1v) is 30.0. The molecule has 78 heavy (non-hydrogen) atoms. The van der Waals surface area contributed by atoms with Crippen LogP contribution >= 0.6 is 11.3 Å². The molecule has 400 valence electrons. The second-order valence-corrected chi connectivity index (χ2v) is 30.8. The van der Waals surface area contributed by atoms with Crippen LogP contribution in [-0.4, -0.2) is 6.71 Å². The number of fused-ring (bicyclic) bond motifs is 8. The first-order chi connectivity index (χ1) is 36.4. The summed E-state index contributed by atoms with van der Waals surface area (Å²) in [6, 6.07) is 53.6. The topological polar surface area (TPSA) is 9.72 Å². The first-order valence-electron chi connectivity index (χ1n) is 29.2. The van der Waals surface area contributed by atoms with Crippen LogP contribution in [-0.2, 0) is 37.9 Å². The van der Waals surface area contributed by atoms with Crippen molar-refractivity contribution < 1.29 is 0 Å². The van der Waals surface area contributed by atoms with E-state index in [1.807, 2.05) is 11.3 Å². The smallest absolute Gasteiger partial charge is 0.264 e. The number of anilines is 9. The van der Waals surface area contributed by atoms with Crippen LogP contribution in [0.4, 0.5) is 51.2 Å². The van der Waals surface area contributed by atoms with Gasteiger partial charge in [0.15, 0.2) is 0 Å². The van der Waals surface area contributed by atoms with Crippen molar-refractivity contribution in [2.45, 2.75) is 188 Å². The molecule has 0 saturated heterocycles. The van der Waals surface area contributed by atoms with Crippen LogP contribution in [0.1, 0.15) is 188 Å². The molecule has 0 atom stereocenters. The van der Waals surface area contributed by atoms with E-state index in [0.717, 1.165) is 23.5 Å². The van der Waals surface area contributed by atoms with Gasteiger partial charge in [-0.1, -0.05) is 166 Å². The molecule has 4 aliphatic rings. The Kier molecular flexibility index (Phi) is 11.8. The van der Waals surface area contributed by atoms with E-state index >= 15 is 0 Å². The van der Waals surface area contributed by atoms with Gasteiger partial charge in [-0.3, -0.25) is 0 Å². The number of hydrogen-bond acceptors (Lipinski definition) is 4. The van der Waals surface area contributed by atoms with Gasteiger partial charge in [0.1, 0.15) is 0 Å². The SMILES string of the molecule is Cc1cc2c3c(c1)N(c1ccc4c(c1)C(C)(C)CCC4(C)C)c1c(sc4ccc(C(C)(C)C)cc14)B3c1ccc(N(c3ccc(C(C)(C)C)cc3)c3ccc(C(C)(C)C)cc3)cc1N2c1ccc2c(c1)C(C)(C)CCC2(C)C. The molecule has 3 nitrogen and oxygen atoms in total. The minimum atomic E-state index is -0.00933. The molecule has 2 aliphatic heterocycles. The molecule has 0 saturated carbocycles. The highest BCUT2D eigenvalue weighted by molar-refractivity contribution is 7.33. The fourth-order valence-electron chi connectivity index (χ4n) is 13.9. The van der Waals surface area contributed by atoms with Gasteiger partial charge in [-0.2, -0.15) is 0 Å². The third-order valence-corrected chi connectivity index (χ3v) is 20.3. The zero-order valence-corrected chi connectivity index (χ0v) is 51.2. The largest absolute Gasteiger partial charge is 0.311 e. The Morgan fingerprint density at radius 2 is 0.872 bits per heavy atom. The first kappa shape index (κ1) is 52.7. The van der Waals surface area contributed by atoms with E-state index in [2.05, 4.69) is 273 Å². The van der Waals surface area contributed by atoms with E-state index < -0.39 is 0 Å². The van der Waals surface area contributed by atoms with E-state index in [9.17, 15) is 0 Å². The lowest BCUT2D eigenvalue weighted by Gasteiger charge is -2.46. The number of rotatable bonds is 5. The molecule has 2 aliphatic carbocycles. The predicted molar refractivity (Wildman–Crippen MR) is 342 cm³/mol. The summed E-state index contributed by atoms with van der Waals surface area (Å²) in [5, 5.41) is 1.34. The van der Waals surface area contributed by atoms with E-state index in [1.165, 1.54) is 124 Å². The Morgan fingerprint density at radius 3 is 1.36 bits per heavy atom. The van der Waals surface area contributed by atoms with Crippen LogP contribution in [0.3, 0.4) is 0 Å². The van der Waals surface area contributed by atoms with E-state index in [0.29, 0.717) is 0 Å². The van der Waals surface area contributed by atoms with Gasteiger partial charge in [0.2, 0.25) is 0 Å². The third kappa shape index (κ3) is 8.49. The van der Waals surface area contributed by atoms with Crippen molar-refractivity contribution in [2.75, 3.05) is 14.7 Å². The van der Waals surface area contributed by atoms with Gasteiger partial charge in [-0.25, -0.2) is 0 Å². The molecule has 0 bridgehead atoms. The normalized spacial score (nSPS) is 17.7. The van der Waals surface area contributed by atoms with Crippen molar-refractivity contribution in [3.8, 4) is 0 Å². The maximum Gasteiger partial charge on any atom is 0.264 e. The average Bonchev–Trinajstić information content (AvgIpc) is 2.37. The van der Waals surface area contributed by atoms with Crippen LogP contribution in [0.2, 0.25) is 0 Å². The van der Waals surface area contributed by atoms with Crippen molar-refractivity contribution in [1.29, 1.82) is 0 Å². The second-order valence-electron chi connectivity index (χ2n) is 29.8. The van der Waals surface area contributed by atoms with Crippen LogP contribution in [0.5, 0.6) is 0 Å². The van der Waals surface area contributed by atoms with Gasteiger partial charge in [0, 0.05) is 60.4 Å². The minimum absolute atomic E-state index is 0.00391. The molecule has 5 heteroatoms. The summed E-state index contributed by atoms with van der Waals surface area (Å²) in [5.41, 5.74) is 25.4. The molecule has 8 aromatic rings. The highest BCUT2D eigenvalue weighted by Crippen LogP contribution is 2.54. The molecule has 0 radical (unpaired) electrons. The van der Waals surface area contributed by atoms with Gasteiger partial charge >= 0.3 is 0 Å². The average molecular weight is 1050 g/mol. The quantitative estimate of drug-likeness (QED) is 0.159. The predicted octanol–water partition coefficient (Wildman–Crippen LogP) is 19.4. The van der Waals surface area contributed by atoms with Crippen molar-refractivity contribution in [2.24, 2.45) is 0 Å². The number of nitrogens with zero attached hydrogens (tertiary/aromatic N) is 3. The molecule has 1 aromatic heterocycles. The Hall–Kier alpha value is -6.04. The number of hydrogen-bond donors (Lipinski definition) is 0. The molecule has 7 aromatic carbocycles. The fraction of sp³-hybridized carbons (Fsp3) is 0.397. The fourth-order valence-corrected chi connectivity index (χ4v) is 15.2. The Balaban J connectivity index is 1.16. The van der Waals surface area contributed by atoms with Gasteiger partial charge < -0.3 is 14.7 Å². The molecule has 0 unspecified atom stereocenters.